The number of aromatic nitrogens is 1. The number of hydrogen-bond acceptors (Lipinski definition) is 0. The van der Waals surface area contributed by atoms with E-state index in [1.165, 1.54) is 19.3 Å². The summed E-state index contributed by atoms with van der Waals surface area (Å²) in [5.74, 6) is 2.57. The Labute approximate surface area is 93.5 Å². The second kappa shape index (κ2) is 4.42. The molecule has 3 atom stereocenters. The lowest BCUT2D eigenvalue weighted by Gasteiger charge is -2.38. The van der Waals surface area contributed by atoms with Crippen molar-refractivity contribution in [1.82, 2.24) is 4.57 Å². The van der Waals surface area contributed by atoms with E-state index in [2.05, 4.69) is 49.9 Å². The normalized spacial score (nSPS) is 32.1. The summed E-state index contributed by atoms with van der Waals surface area (Å²) >= 11 is 0. The Morgan fingerprint density at radius 1 is 1.13 bits per heavy atom. The van der Waals surface area contributed by atoms with Crippen molar-refractivity contribution in [3.63, 3.8) is 0 Å². The third-order valence-electron chi connectivity index (χ3n) is 4.00. The molecule has 1 heteroatoms. The molecule has 0 amide bonds. The molecule has 2 rings (SSSR count). The molecule has 3 unspecified atom stereocenters. The van der Waals surface area contributed by atoms with Crippen molar-refractivity contribution < 1.29 is 0 Å². The molecule has 0 N–H and O–H groups in total. The summed E-state index contributed by atoms with van der Waals surface area (Å²) < 4.78 is 2.43. The second-order valence-corrected chi connectivity index (χ2v) is 5.52. The summed E-state index contributed by atoms with van der Waals surface area (Å²) in [5, 5.41) is 0. The minimum atomic E-state index is 0.740. The smallest absolute Gasteiger partial charge is 0.0363 e. The number of hydrogen-bond donors (Lipinski definition) is 0. The Morgan fingerprint density at radius 2 is 1.80 bits per heavy atom. The lowest BCUT2D eigenvalue weighted by Crippen LogP contribution is -2.29. The minimum Gasteiger partial charge on any atom is -0.351 e. The van der Waals surface area contributed by atoms with E-state index in [0.717, 1.165) is 23.8 Å². The first-order valence-electron chi connectivity index (χ1n) is 6.31. The van der Waals surface area contributed by atoms with E-state index < -0.39 is 0 Å². The molecule has 1 saturated carbocycles. The van der Waals surface area contributed by atoms with Gasteiger partial charge in [0.2, 0.25) is 0 Å². The first-order chi connectivity index (χ1) is 7.18. The van der Waals surface area contributed by atoms with Crippen molar-refractivity contribution in [2.75, 3.05) is 0 Å². The molecule has 1 aromatic heterocycles. The first-order valence-corrected chi connectivity index (χ1v) is 6.31. The van der Waals surface area contributed by atoms with Crippen molar-refractivity contribution in [3.05, 3.63) is 24.5 Å². The molecule has 1 aromatic rings. The van der Waals surface area contributed by atoms with Crippen molar-refractivity contribution in [1.29, 1.82) is 0 Å². The van der Waals surface area contributed by atoms with Crippen LogP contribution in [0, 0.1) is 17.8 Å². The molecule has 84 valence electrons. The molecular formula is C14H23N. The summed E-state index contributed by atoms with van der Waals surface area (Å²) in [6.45, 7) is 7.14. The van der Waals surface area contributed by atoms with Crippen LogP contribution >= 0.6 is 0 Å². The van der Waals surface area contributed by atoms with Gasteiger partial charge in [-0.1, -0.05) is 27.2 Å². The molecule has 0 aromatic carbocycles. The summed E-state index contributed by atoms with van der Waals surface area (Å²) in [5.41, 5.74) is 0. The highest BCUT2D eigenvalue weighted by atomic mass is 15.0. The van der Waals surface area contributed by atoms with E-state index in [-0.39, 0.29) is 0 Å². The lowest BCUT2D eigenvalue weighted by molar-refractivity contribution is 0.150. The molecule has 0 spiro atoms. The highest BCUT2D eigenvalue weighted by Gasteiger charge is 2.31. The fourth-order valence-electron chi connectivity index (χ4n) is 3.06. The summed E-state index contributed by atoms with van der Waals surface area (Å²) in [7, 11) is 0. The second-order valence-electron chi connectivity index (χ2n) is 5.52. The van der Waals surface area contributed by atoms with E-state index in [1.807, 2.05) is 0 Å². The van der Waals surface area contributed by atoms with Crippen LogP contribution in [-0.4, -0.2) is 4.57 Å². The molecule has 0 aliphatic heterocycles. The zero-order valence-corrected chi connectivity index (χ0v) is 10.2. The van der Waals surface area contributed by atoms with Gasteiger partial charge in [0, 0.05) is 18.4 Å². The third-order valence-corrected chi connectivity index (χ3v) is 4.00. The SMILES string of the molecule is CC1CCC(C(C)C)C(n2cccc2)C1. The molecule has 0 saturated heterocycles. The average Bonchev–Trinajstić information content (AvgIpc) is 2.69. The Hall–Kier alpha value is -0.720. The highest BCUT2D eigenvalue weighted by molar-refractivity contribution is 4.96. The van der Waals surface area contributed by atoms with E-state index in [4.69, 9.17) is 0 Å². The first kappa shape index (κ1) is 10.8. The van der Waals surface area contributed by atoms with Crippen LogP contribution in [0.2, 0.25) is 0 Å². The summed E-state index contributed by atoms with van der Waals surface area (Å²) in [6, 6.07) is 5.04. The van der Waals surface area contributed by atoms with E-state index >= 15 is 0 Å². The molecule has 0 bridgehead atoms. The molecular weight excluding hydrogens is 182 g/mol. The van der Waals surface area contributed by atoms with Gasteiger partial charge in [-0.05, 0) is 42.7 Å². The van der Waals surface area contributed by atoms with Crippen LogP contribution in [0.4, 0.5) is 0 Å². The van der Waals surface area contributed by atoms with Crippen LogP contribution in [-0.2, 0) is 0 Å². The maximum absolute atomic E-state index is 2.43. The Balaban J connectivity index is 2.17. The monoisotopic (exact) mass is 205 g/mol. The predicted molar refractivity (Wildman–Crippen MR) is 64.8 cm³/mol. The van der Waals surface area contributed by atoms with E-state index in [9.17, 15) is 0 Å². The Kier molecular flexibility index (Phi) is 3.18. The van der Waals surface area contributed by atoms with Gasteiger partial charge in [-0.15, -0.1) is 0 Å². The highest BCUT2D eigenvalue weighted by Crippen LogP contribution is 2.40. The van der Waals surface area contributed by atoms with Crippen LogP contribution < -0.4 is 0 Å². The van der Waals surface area contributed by atoms with Gasteiger partial charge in [-0.3, -0.25) is 0 Å². The van der Waals surface area contributed by atoms with Gasteiger partial charge >= 0.3 is 0 Å². The molecule has 1 heterocycles. The molecule has 1 aliphatic rings. The van der Waals surface area contributed by atoms with Crippen LogP contribution in [0.1, 0.15) is 46.1 Å². The van der Waals surface area contributed by atoms with Gasteiger partial charge in [0.15, 0.2) is 0 Å². The summed E-state index contributed by atoms with van der Waals surface area (Å²) in [4.78, 5) is 0. The Bertz CT molecular complexity index is 286. The topological polar surface area (TPSA) is 4.93 Å². The van der Waals surface area contributed by atoms with Gasteiger partial charge in [0.25, 0.3) is 0 Å². The van der Waals surface area contributed by atoms with Gasteiger partial charge in [0.1, 0.15) is 0 Å². The molecule has 1 aliphatic carbocycles. The minimum absolute atomic E-state index is 0.740. The van der Waals surface area contributed by atoms with E-state index in [0.29, 0.717) is 0 Å². The maximum Gasteiger partial charge on any atom is 0.0363 e. The van der Waals surface area contributed by atoms with Crippen LogP contribution in [0.5, 0.6) is 0 Å². The summed E-state index contributed by atoms with van der Waals surface area (Å²) in [6.07, 6.45) is 8.65. The molecule has 0 radical (unpaired) electrons. The largest absolute Gasteiger partial charge is 0.351 e. The van der Waals surface area contributed by atoms with Crippen molar-refractivity contribution in [2.24, 2.45) is 17.8 Å². The predicted octanol–water partition coefficient (Wildman–Crippen LogP) is 4.12. The molecule has 1 nitrogen and oxygen atoms in total. The molecule has 1 fully saturated rings. The van der Waals surface area contributed by atoms with Crippen molar-refractivity contribution >= 4 is 0 Å². The third kappa shape index (κ3) is 2.27. The lowest BCUT2D eigenvalue weighted by atomic mass is 9.74. The van der Waals surface area contributed by atoms with E-state index in [1.54, 1.807) is 0 Å². The number of rotatable bonds is 2. The van der Waals surface area contributed by atoms with Crippen LogP contribution in [0.3, 0.4) is 0 Å². The van der Waals surface area contributed by atoms with Crippen molar-refractivity contribution in [2.45, 2.75) is 46.1 Å². The van der Waals surface area contributed by atoms with Crippen molar-refractivity contribution in [3.8, 4) is 0 Å². The quantitative estimate of drug-likeness (QED) is 0.684. The molecule has 15 heavy (non-hydrogen) atoms. The fraction of sp³-hybridized carbons (Fsp3) is 0.714. The van der Waals surface area contributed by atoms with Gasteiger partial charge in [0.05, 0.1) is 0 Å². The fourth-order valence-corrected chi connectivity index (χ4v) is 3.06. The van der Waals surface area contributed by atoms with Gasteiger partial charge in [-0.25, -0.2) is 0 Å². The Morgan fingerprint density at radius 3 is 2.40 bits per heavy atom. The van der Waals surface area contributed by atoms with Crippen LogP contribution in [0.15, 0.2) is 24.5 Å². The average molecular weight is 205 g/mol. The maximum atomic E-state index is 2.43. The van der Waals surface area contributed by atoms with Gasteiger partial charge < -0.3 is 4.57 Å². The number of nitrogens with zero attached hydrogens (tertiary/aromatic N) is 1. The zero-order valence-electron chi connectivity index (χ0n) is 10.2. The standard InChI is InChI=1S/C14H23N/c1-11(2)13-7-6-12(3)10-14(13)15-8-4-5-9-15/h4-5,8-9,11-14H,6-7,10H2,1-3H3. The van der Waals surface area contributed by atoms with Crippen LogP contribution in [0.25, 0.3) is 0 Å². The zero-order chi connectivity index (χ0) is 10.8. The van der Waals surface area contributed by atoms with Gasteiger partial charge in [-0.2, -0.15) is 0 Å².